The van der Waals surface area contributed by atoms with Crippen LogP contribution < -0.4 is 15.4 Å². The van der Waals surface area contributed by atoms with Gasteiger partial charge in [0.1, 0.15) is 11.6 Å². The molecule has 0 aliphatic carbocycles. The second-order valence-electron chi connectivity index (χ2n) is 4.51. The van der Waals surface area contributed by atoms with Crippen LogP contribution in [0.4, 0.5) is 15.8 Å². The summed E-state index contributed by atoms with van der Waals surface area (Å²) in [5.41, 5.74) is 1.35. The molecule has 0 radical (unpaired) electrons. The van der Waals surface area contributed by atoms with Crippen molar-refractivity contribution in [1.82, 2.24) is 0 Å². The molecule has 21 heavy (non-hydrogen) atoms. The van der Waals surface area contributed by atoms with Crippen LogP contribution in [0, 0.1) is 5.82 Å². The highest BCUT2D eigenvalue weighted by atomic mass is 19.1. The number of rotatable bonds is 2. The summed E-state index contributed by atoms with van der Waals surface area (Å²) in [6.07, 6.45) is 0. The molecule has 3 rings (SSSR count). The maximum Gasteiger partial charge on any atom is 0.262 e. The number of carbonyl (C=O) groups is 2. The molecule has 2 aromatic rings. The average Bonchev–Trinajstić information content (AvgIpc) is 2.47. The van der Waals surface area contributed by atoms with Crippen molar-refractivity contribution in [3.63, 3.8) is 0 Å². The van der Waals surface area contributed by atoms with E-state index in [1.807, 2.05) is 0 Å². The van der Waals surface area contributed by atoms with Crippen LogP contribution in [0.2, 0.25) is 0 Å². The van der Waals surface area contributed by atoms with Crippen molar-refractivity contribution in [3.8, 4) is 5.75 Å². The molecular formula is C15H11FN2O3. The Morgan fingerprint density at radius 3 is 2.71 bits per heavy atom. The highest BCUT2D eigenvalue weighted by Crippen LogP contribution is 2.30. The van der Waals surface area contributed by atoms with Crippen LogP contribution in [0.25, 0.3) is 0 Å². The number of anilines is 2. The average molecular weight is 286 g/mol. The number of fused-ring (bicyclic) bond motifs is 1. The summed E-state index contributed by atoms with van der Waals surface area (Å²) in [4.78, 5) is 23.3. The first-order valence-electron chi connectivity index (χ1n) is 6.25. The minimum Gasteiger partial charge on any atom is -0.482 e. The number of hydrogen-bond donors (Lipinski definition) is 2. The SMILES string of the molecule is O=C1COc2ccc(NC(=O)c3ccc(F)cc3)cc2N1. The van der Waals surface area contributed by atoms with Gasteiger partial charge in [-0.15, -0.1) is 0 Å². The minimum atomic E-state index is -0.403. The summed E-state index contributed by atoms with van der Waals surface area (Å²) < 4.78 is 18.0. The molecule has 2 aromatic carbocycles. The number of nitrogens with one attached hydrogen (secondary N) is 2. The fourth-order valence-corrected chi connectivity index (χ4v) is 1.97. The molecule has 0 saturated heterocycles. The number of carbonyl (C=O) groups excluding carboxylic acids is 2. The van der Waals surface area contributed by atoms with Gasteiger partial charge >= 0.3 is 0 Å². The quantitative estimate of drug-likeness (QED) is 0.891. The molecule has 1 aliphatic rings. The van der Waals surface area contributed by atoms with Crippen molar-refractivity contribution in [1.29, 1.82) is 0 Å². The van der Waals surface area contributed by atoms with E-state index in [1.54, 1.807) is 18.2 Å². The minimum absolute atomic E-state index is 0.0196. The Hall–Kier alpha value is -2.89. The Balaban J connectivity index is 1.79. The molecule has 0 saturated carbocycles. The Kier molecular flexibility index (Phi) is 3.27. The molecular weight excluding hydrogens is 275 g/mol. The third-order valence-electron chi connectivity index (χ3n) is 2.98. The van der Waals surface area contributed by atoms with E-state index in [0.29, 0.717) is 22.7 Å². The molecule has 0 aromatic heterocycles. The fourth-order valence-electron chi connectivity index (χ4n) is 1.97. The summed E-state index contributed by atoms with van der Waals surface area (Å²) in [6.45, 7) is -0.0196. The predicted octanol–water partition coefficient (Wildman–Crippen LogP) is 2.41. The Morgan fingerprint density at radius 2 is 1.95 bits per heavy atom. The molecule has 1 aliphatic heterocycles. The van der Waals surface area contributed by atoms with Crippen LogP contribution >= 0.6 is 0 Å². The van der Waals surface area contributed by atoms with E-state index in [2.05, 4.69) is 10.6 Å². The molecule has 0 atom stereocenters. The normalized spacial score (nSPS) is 12.9. The monoisotopic (exact) mass is 286 g/mol. The maximum absolute atomic E-state index is 12.8. The Morgan fingerprint density at radius 1 is 1.19 bits per heavy atom. The largest absolute Gasteiger partial charge is 0.482 e. The highest BCUT2D eigenvalue weighted by molar-refractivity contribution is 6.05. The molecule has 2 amide bonds. The smallest absolute Gasteiger partial charge is 0.262 e. The van der Waals surface area contributed by atoms with Crippen LogP contribution in [-0.2, 0) is 4.79 Å². The molecule has 106 valence electrons. The van der Waals surface area contributed by atoms with E-state index in [1.165, 1.54) is 24.3 Å². The van der Waals surface area contributed by atoms with Crippen molar-refractivity contribution in [3.05, 3.63) is 53.8 Å². The summed E-state index contributed by atoms with van der Waals surface area (Å²) in [5, 5.41) is 5.33. The topological polar surface area (TPSA) is 67.4 Å². The standard InChI is InChI=1S/C15H11FN2O3/c16-10-3-1-9(2-4-10)15(20)17-11-5-6-13-12(7-11)18-14(19)8-21-13/h1-7H,8H2,(H,17,20)(H,18,19). The number of halogens is 1. The second kappa shape index (κ2) is 5.24. The third-order valence-corrected chi connectivity index (χ3v) is 2.98. The van der Waals surface area contributed by atoms with E-state index in [0.717, 1.165) is 0 Å². The zero-order valence-electron chi connectivity index (χ0n) is 10.9. The first kappa shape index (κ1) is 13.1. The lowest BCUT2D eigenvalue weighted by molar-refractivity contribution is -0.118. The Labute approximate surface area is 119 Å². The number of hydrogen-bond acceptors (Lipinski definition) is 3. The molecule has 6 heteroatoms. The lowest BCUT2D eigenvalue weighted by atomic mass is 10.2. The van der Waals surface area contributed by atoms with Crippen molar-refractivity contribution in [2.75, 3.05) is 17.2 Å². The van der Waals surface area contributed by atoms with Gasteiger partial charge in [0.2, 0.25) is 0 Å². The number of ether oxygens (including phenoxy) is 1. The van der Waals surface area contributed by atoms with Gasteiger partial charge in [0.25, 0.3) is 11.8 Å². The zero-order chi connectivity index (χ0) is 14.8. The summed E-state index contributed by atoms with van der Waals surface area (Å²) in [6, 6.07) is 10.2. The van der Waals surface area contributed by atoms with Gasteiger partial charge in [-0.3, -0.25) is 9.59 Å². The van der Waals surface area contributed by atoms with E-state index >= 15 is 0 Å². The van der Waals surface area contributed by atoms with Crippen molar-refractivity contribution in [2.45, 2.75) is 0 Å². The van der Waals surface area contributed by atoms with E-state index in [4.69, 9.17) is 4.74 Å². The van der Waals surface area contributed by atoms with Gasteiger partial charge in [0.15, 0.2) is 6.61 Å². The third kappa shape index (κ3) is 2.84. The van der Waals surface area contributed by atoms with Gasteiger partial charge in [0, 0.05) is 11.3 Å². The molecule has 0 unspecified atom stereocenters. The summed E-state index contributed by atoms with van der Waals surface area (Å²) in [5.74, 6) is -0.461. The van der Waals surface area contributed by atoms with Gasteiger partial charge in [-0.2, -0.15) is 0 Å². The predicted molar refractivity (Wildman–Crippen MR) is 74.9 cm³/mol. The lowest BCUT2D eigenvalue weighted by Gasteiger charge is -2.18. The van der Waals surface area contributed by atoms with Gasteiger partial charge in [-0.05, 0) is 42.5 Å². The molecule has 0 fully saturated rings. The van der Waals surface area contributed by atoms with Crippen LogP contribution in [0.3, 0.4) is 0 Å². The Bertz CT molecular complexity index is 713. The van der Waals surface area contributed by atoms with Crippen LogP contribution in [0.1, 0.15) is 10.4 Å². The van der Waals surface area contributed by atoms with E-state index in [-0.39, 0.29) is 18.4 Å². The number of benzene rings is 2. The highest BCUT2D eigenvalue weighted by Gasteiger charge is 2.16. The van der Waals surface area contributed by atoms with Crippen molar-refractivity contribution >= 4 is 23.2 Å². The maximum atomic E-state index is 12.8. The van der Waals surface area contributed by atoms with E-state index in [9.17, 15) is 14.0 Å². The zero-order valence-corrected chi connectivity index (χ0v) is 10.9. The van der Waals surface area contributed by atoms with Crippen LogP contribution in [0.15, 0.2) is 42.5 Å². The molecule has 5 nitrogen and oxygen atoms in total. The van der Waals surface area contributed by atoms with Gasteiger partial charge < -0.3 is 15.4 Å². The van der Waals surface area contributed by atoms with Gasteiger partial charge in [-0.25, -0.2) is 4.39 Å². The van der Waals surface area contributed by atoms with Gasteiger partial charge in [-0.1, -0.05) is 0 Å². The molecule has 0 bridgehead atoms. The number of amides is 2. The van der Waals surface area contributed by atoms with Crippen molar-refractivity contribution in [2.24, 2.45) is 0 Å². The van der Waals surface area contributed by atoms with Crippen LogP contribution in [-0.4, -0.2) is 18.4 Å². The summed E-state index contributed by atoms with van der Waals surface area (Å²) >= 11 is 0. The first-order valence-corrected chi connectivity index (χ1v) is 6.25. The fraction of sp³-hybridized carbons (Fsp3) is 0.0667. The second-order valence-corrected chi connectivity index (χ2v) is 4.51. The molecule has 0 spiro atoms. The molecule has 1 heterocycles. The first-order chi connectivity index (χ1) is 10.1. The lowest BCUT2D eigenvalue weighted by Crippen LogP contribution is -2.25. The van der Waals surface area contributed by atoms with E-state index < -0.39 is 5.82 Å². The van der Waals surface area contributed by atoms with Gasteiger partial charge in [0.05, 0.1) is 5.69 Å². The van der Waals surface area contributed by atoms with Crippen LogP contribution in [0.5, 0.6) is 5.75 Å². The van der Waals surface area contributed by atoms with Crippen molar-refractivity contribution < 1.29 is 18.7 Å². The summed E-state index contributed by atoms with van der Waals surface area (Å²) in [7, 11) is 0. The molecule has 2 N–H and O–H groups in total.